The third-order valence-electron chi connectivity index (χ3n) is 3.70. The van der Waals surface area contributed by atoms with E-state index in [1.807, 2.05) is 0 Å². The van der Waals surface area contributed by atoms with Crippen LogP contribution >= 0.6 is 0 Å². The lowest BCUT2D eigenvalue weighted by molar-refractivity contribution is 0.235. The van der Waals surface area contributed by atoms with Crippen LogP contribution < -0.4 is 11.1 Å². The molecule has 2 rings (SSSR count). The van der Waals surface area contributed by atoms with Crippen molar-refractivity contribution in [2.45, 2.75) is 36.0 Å². The van der Waals surface area contributed by atoms with Crippen molar-refractivity contribution in [1.82, 2.24) is 0 Å². The van der Waals surface area contributed by atoms with Crippen LogP contribution in [0.2, 0.25) is 0 Å². The van der Waals surface area contributed by atoms with Gasteiger partial charge in [-0.1, -0.05) is 18.6 Å². The van der Waals surface area contributed by atoms with Gasteiger partial charge in [-0.15, -0.1) is 0 Å². The summed E-state index contributed by atoms with van der Waals surface area (Å²) in [7, 11) is -4.59. The second-order valence-electron chi connectivity index (χ2n) is 5.04. The van der Waals surface area contributed by atoms with Crippen LogP contribution in [0.5, 0.6) is 0 Å². The molecule has 1 fully saturated rings. The topological polar surface area (TPSA) is 72.2 Å². The van der Waals surface area contributed by atoms with Gasteiger partial charge in [0.25, 0.3) is 0 Å². The summed E-state index contributed by atoms with van der Waals surface area (Å²) in [6.45, 7) is 0.497. The molecule has 2 unspecified atom stereocenters. The van der Waals surface area contributed by atoms with Crippen LogP contribution in [0.25, 0.3) is 0 Å². The number of sulfone groups is 1. The highest BCUT2D eigenvalue weighted by Crippen LogP contribution is 2.28. The highest BCUT2D eigenvalue weighted by atomic mass is 32.2. The third kappa shape index (κ3) is 3.09. The summed E-state index contributed by atoms with van der Waals surface area (Å²) < 4.78 is 48.5. The number of anilines is 1. The maximum absolute atomic E-state index is 12.6. The molecule has 1 aromatic rings. The SMILES string of the molecule is NC1CCCC1CNc1ccccc1S(=O)(=O)C(F)F. The van der Waals surface area contributed by atoms with Crippen molar-refractivity contribution in [3.8, 4) is 0 Å². The Labute approximate surface area is 117 Å². The van der Waals surface area contributed by atoms with Crippen molar-refractivity contribution in [2.24, 2.45) is 11.7 Å². The van der Waals surface area contributed by atoms with Gasteiger partial charge in [0, 0.05) is 12.6 Å². The summed E-state index contributed by atoms with van der Waals surface area (Å²) in [5, 5.41) is 2.95. The molecule has 0 bridgehead atoms. The standard InChI is InChI=1S/C13H18F2N2O2S/c14-13(15)20(18,19)12-7-2-1-6-11(12)17-8-9-4-3-5-10(9)16/h1-2,6-7,9-10,13,17H,3-5,8,16H2. The molecule has 1 aromatic carbocycles. The molecule has 4 nitrogen and oxygen atoms in total. The molecule has 0 radical (unpaired) electrons. The first-order valence-corrected chi connectivity index (χ1v) is 8.08. The second kappa shape index (κ2) is 6.05. The number of nitrogens with one attached hydrogen (secondary N) is 1. The van der Waals surface area contributed by atoms with Gasteiger partial charge in [-0.2, -0.15) is 8.78 Å². The first-order chi connectivity index (χ1) is 9.43. The van der Waals surface area contributed by atoms with E-state index >= 15 is 0 Å². The first-order valence-electron chi connectivity index (χ1n) is 6.53. The molecule has 1 aliphatic rings. The number of nitrogens with two attached hydrogens (primary N) is 1. The minimum Gasteiger partial charge on any atom is -0.384 e. The second-order valence-corrected chi connectivity index (χ2v) is 6.92. The molecule has 0 amide bonds. The molecule has 3 N–H and O–H groups in total. The summed E-state index contributed by atoms with van der Waals surface area (Å²) >= 11 is 0. The van der Waals surface area contributed by atoms with Crippen LogP contribution in [-0.4, -0.2) is 26.8 Å². The zero-order valence-corrected chi connectivity index (χ0v) is 11.7. The normalized spacial score (nSPS) is 23.2. The molecule has 1 saturated carbocycles. The van der Waals surface area contributed by atoms with Crippen LogP contribution in [0.4, 0.5) is 14.5 Å². The van der Waals surface area contributed by atoms with Gasteiger partial charge in [0.1, 0.15) is 0 Å². The minimum atomic E-state index is -4.59. The molecule has 20 heavy (non-hydrogen) atoms. The molecule has 0 spiro atoms. The van der Waals surface area contributed by atoms with Gasteiger partial charge < -0.3 is 11.1 Å². The molecular formula is C13H18F2N2O2S. The zero-order chi connectivity index (χ0) is 14.8. The number of halogens is 2. The van der Waals surface area contributed by atoms with E-state index in [1.165, 1.54) is 18.2 Å². The monoisotopic (exact) mass is 304 g/mol. The van der Waals surface area contributed by atoms with Crippen LogP contribution in [0.15, 0.2) is 29.2 Å². The number of alkyl halides is 2. The van der Waals surface area contributed by atoms with Crippen molar-refractivity contribution in [2.75, 3.05) is 11.9 Å². The average Bonchev–Trinajstić information content (AvgIpc) is 2.82. The van der Waals surface area contributed by atoms with Crippen molar-refractivity contribution < 1.29 is 17.2 Å². The van der Waals surface area contributed by atoms with E-state index in [0.717, 1.165) is 19.3 Å². The van der Waals surface area contributed by atoms with Gasteiger partial charge in [-0.3, -0.25) is 0 Å². The quantitative estimate of drug-likeness (QED) is 0.875. The molecule has 7 heteroatoms. The fourth-order valence-electron chi connectivity index (χ4n) is 2.52. The first kappa shape index (κ1) is 15.2. The molecule has 2 atom stereocenters. The Bertz CT molecular complexity index is 563. The summed E-state index contributed by atoms with van der Waals surface area (Å²) in [4.78, 5) is -0.360. The minimum absolute atomic E-state index is 0.0846. The van der Waals surface area contributed by atoms with Crippen molar-refractivity contribution in [3.63, 3.8) is 0 Å². The Morgan fingerprint density at radius 2 is 2.00 bits per heavy atom. The average molecular weight is 304 g/mol. The van der Waals surface area contributed by atoms with E-state index in [2.05, 4.69) is 5.32 Å². The fraction of sp³-hybridized carbons (Fsp3) is 0.538. The van der Waals surface area contributed by atoms with Crippen molar-refractivity contribution >= 4 is 15.5 Å². The van der Waals surface area contributed by atoms with Gasteiger partial charge >= 0.3 is 5.76 Å². The van der Waals surface area contributed by atoms with E-state index in [0.29, 0.717) is 6.54 Å². The smallest absolute Gasteiger partial charge is 0.341 e. The number of benzene rings is 1. The molecule has 0 aliphatic heterocycles. The number of para-hydroxylation sites is 1. The summed E-state index contributed by atoms with van der Waals surface area (Å²) in [5.74, 6) is -3.17. The van der Waals surface area contributed by atoms with Crippen LogP contribution in [0.1, 0.15) is 19.3 Å². The number of rotatable bonds is 5. The van der Waals surface area contributed by atoms with E-state index in [-0.39, 0.29) is 22.5 Å². The van der Waals surface area contributed by atoms with E-state index in [9.17, 15) is 17.2 Å². The maximum Gasteiger partial charge on any atom is 0.341 e. The Morgan fingerprint density at radius 3 is 2.60 bits per heavy atom. The molecule has 1 aliphatic carbocycles. The molecule has 0 aromatic heterocycles. The van der Waals surface area contributed by atoms with Gasteiger partial charge in [0.15, 0.2) is 0 Å². The Hall–Kier alpha value is -1.21. The van der Waals surface area contributed by atoms with Gasteiger partial charge in [0.2, 0.25) is 9.84 Å². The lowest BCUT2D eigenvalue weighted by atomic mass is 10.0. The highest BCUT2D eigenvalue weighted by molar-refractivity contribution is 7.91. The molecule has 0 saturated heterocycles. The zero-order valence-electron chi connectivity index (χ0n) is 10.9. The van der Waals surface area contributed by atoms with Crippen molar-refractivity contribution in [1.29, 1.82) is 0 Å². The number of hydrogen-bond acceptors (Lipinski definition) is 4. The van der Waals surface area contributed by atoms with E-state index < -0.39 is 15.6 Å². The van der Waals surface area contributed by atoms with E-state index in [4.69, 9.17) is 5.73 Å². The summed E-state index contributed by atoms with van der Waals surface area (Å²) in [6, 6.07) is 5.82. The molecule has 112 valence electrons. The Balaban J connectivity index is 2.16. The third-order valence-corrected chi connectivity index (χ3v) is 5.14. The molecular weight excluding hydrogens is 286 g/mol. The Kier molecular flexibility index (Phi) is 4.59. The van der Waals surface area contributed by atoms with Crippen molar-refractivity contribution in [3.05, 3.63) is 24.3 Å². The predicted octanol–water partition coefficient (Wildman–Crippen LogP) is 2.22. The maximum atomic E-state index is 12.6. The summed E-state index contributed by atoms with van der Waals surface area (Å²) in [6.07, 6.45) is 2.96. The molecule has 0 heterocycles. The number of hydrogen-bond donors (Lipinski definition) is 2. The Morgan fingerprint density at radius 1 is 1.30 bits per heavy atom. The van der Waals surface area contributed by atoms with Crippen LogP contribution in [0.3, 0.4) is 0 Å². The van der Waals surface area contributed by atoms with Crippen LogP contribution in [-0.2, 0) is 9.84 Å². The lowest BCUT2D eigenvalue weighted by Gasteiger charge is -2.18. The fourth-order valence-corrected chi connectivity index (χ4v) is 3.42. The van der Waals surface area contributed by atoms with Gasteiger partial charge in [-0.05, 0) is 30.9 Å². The highest BCUT2D eigenvalue weighted by Gasteiger charge is 2.29. The van der Waals surface area contributed by atoms with Gasteiger partial charge in [0.05, 0.1) is 10.6 Å². The van der Waals surface area contributed by atoms with Crippen LogP contribution in [0, 0.1) is 5.92 Å². The summed E-state index contributed by atoms with van der Waals surface area (Å²) in [5.41, 5.74) is 6.15. The lowest BCUT2D eigenvalue weighted by Crippen LogP contribution is -2.30. The van der Waals surface area contributed by atoms with Gasteiger partial charge in [-0.25, -0.2) is 8.42 Å². The largest absolute Gasteiger partial charge is 0.384 e. The predicted molar refractivity (Wildman–Crippen MR) is 73.4 cm³/mol. The van der Waals surface area contributed by atoms with E-state index in [1.54, 1.807) is 6.07 Å².